The molecule has 2 aromatic rings. The summed E-state index contributed by atoms with van der Waals surface area (Å²) in [5.74, 6) is 0.929. The lowest BCUT2D eigenvalue weighted by Gasteiger charge is -2.18. The van der Waals surface area contributed by atoms with Crippen molar-refractivity contribution in [1.82, 2.24) is 5.32 Å². The molecule has 1 N–H and O–H groups in total. The van der Waals surface area contributed by atoms with Crippen LogP contribution in [0.1, 0.15) is 36.1 Å². The molecule has 0 aliphatic heterocycles. The SMILES string of the molecule is CCCc1ccc(C(COc2cccc(C)c2)NC)cc1. The molecule has 0 radical (unpaired) electrons. The van der Waals surface area contributed by atoms with Crippen LogP contribution in [0.3, 0.4) is 0 Å². The molecule has 112 valence electrons. The average molecular weight is 283 g/mol. The second kappa shape index (κ2) is 7.84. The van der Waals surface area contributed by atoms with Gasteiger partial charge in [0.2, 0.25) is 0 Å². The minimum absolute atomic E-state index is 0.209. The number of hydrogen-bond acceptors (Lipinski definition) is 2. The maximum atomic E-state index is 5.91. The minimum atomic E-state index is 0.209. The molecule has 2 heteroatoms. The number of likely N-dealkylation sites (N-methyl/N-ethyl adjacent to an activating group) is 1. The molecule has 0 amide bonds. The van der Waals surface area contributed by atoms with Gasteiger partial charge in [-0.15, -0.1) is 0 Å². The van der Waals surface area contributed by atoms with Crippen LogP contribution in [0.2, 0.25) is 0 Å². The zero-order chi connectivity index (χ0) is 15.1. The Balaban J connectivity index is 1.99. The van der Waals surface area contributed by atoms with Crippen LogP contribution in [0.15, 0.2) is 48.5 Å². The van der Waals surface area contributed by atoms with E-state index in [1.807, 2.05) is 19.2 Å². The monoisotopic (exact) mass is 283 g/mol. The van der Waals surface area contributed by atoms with E-state index in [4.69, 9.17) is 4.74 Å². The van der Waals surface area contributed by atoms with Crippen molar-refractivity contribution in [3.8, 4) is 5.75 Å². The van der Waals surface area contributed by atoms with Crippen LogP contribution in [0, 0.1) is 6.92 Å². The van der Waals surface area contributed by atoms with Crippen molar-refractivity contribution >= 4 is 0 Å². The summed E-state index contributed by atoms with van der Waals surface area (Å²) in [5.41, 5.74) is 3.89. The summed E-state index contributed by atoms with van der Waals surface area (Å²) < 4.78 is 5.91. The molecule has 2 aromatic carbocycles. The Morgan fingerprint density at radius 3 is 2.48 bits per heavy atom. The van der Waals surface area contributed by atoms with E-state index in [1.165, 1.54) is 23.1 Å². The molecule has 0 spiro atoms. The highest BCUT2D eigenvalue weighted by molar-refractivity contribution is 5.28. The topological polar surface area (TPSA) is 21.3 Å². The lowest BCUT2D eigenvalue weighted by atomic mass is 10.0. The molecule has 0 bridgehead atoms. The van der Waals surface area contributed by atoms with Crippen LogP contribution >= 0.6 is 0 Å². The van der Waals surface area contributed by atoms with Gasteiger partial charge in [0.25, 0.3) is 0 Å². The second-order valence-electron chi connectivity index (χ2n) is 5.46. The highest BCUT2D eigenvalue weighted by atomic mass is 16.5. The standard InChI is InChI=1S/C19H25NO/c1-4-6-16-9-11-17(12-10-16)19(20-3)14-21-18-8-5-7-15(2)13-18/h5,7-13,19-20H,4,6,14H2,1-3H3. The number of benzene rings is 2. The Morgan fingerprint density at radius 2 is 1.86 bits per heavy atom. The van der Waals surface area contributed by atoms with E-state index >= 15 is 0 Å². The predicted molar refractivity (Wildman–Crippen MR) is 88.9 cm³/mol. The zero-order valence-electron chi connectivity index (χ0n) is 13.2. The third-order valence-corrected chi connectivity index (χ3v) is 3.68. The summed E-state index contributed by atoms with van der Waals surface area (Å²) in [6.07, 6.45) is 2.33. The summed E-state index contributed by atoms with van der Waals surface area (Å²) in [4.78, 5) is 0. The Bertz CT molecular complexity index is 548. The molecule has 0 fully saturated rings. The maximum absolute atomic E-state index is 5.91. The summed E-state index contributed by atoms with van der Waals surface area (Å²) in [7, 11) is 1.98. The molecule has 0 heterocycles. The number of nitrogens with one attached hydrogen (secondary N) is 1. The van der Waals surface area contributed by atoms with Crippen molar-refractivity contribution in [1.29, 1.82) is 0 Å². The van der Waals surface area contributed by atoms with Crippen LogP contribution in [0.25, 0.3) is 0 Å². The van der Waals surface area contributed by atoms with Crippen molar-refractivity contribution in [2.24, 2.45) is 0 Å². The van der Waals surface area contributed by atoms with E-state index in [1.54, 1.807) is 0 Å². The number of rotatable bonds is 7. The number of hydrogen-bond donors (Lipinski definition) is 1. The molecule has 0 aliphatic rings. The van der Waals surface area contributed by atoms with Crippen molar-refractivity contribution in [2.75, 3.05) is 13.7 Å². The molecular formula is C19H25NO. The highest BCUT2D eigenvalue weighted by Gasteiger charge is 2.10. The Hall–Kier alpha value is -1.80. The largest absolute Gasteiger partial charge is 0.492 e. The van der Waals surface area contributed by atoms with Crippen LogP contribution in [-0.2, 0) is 6.42 Å². The Kier molecular flexibility index (Phi) is 5.82. The molecule has 2 rings (SSSR count). The van der Waals surface area contributed by atoms with Gasteiger partial charge in [-0.25, -0.2) is 0 Å². The Morgan fingerprint density at radius 1 is 1.10 bits per heavy atom. The van der Waals surface area contributed by atoms with Crippen molar-refractivity contribution in [3.05, 3.63) is 65.2 Å². The van der Waals surface area contributed by atoms with E-state index in [0.717, 1.165) is 12.2 Å². The van der Waals surface area contributed by atoms with Gasteiger partial charge in [0.1, 0.15) is 12.4 Å². The van der Waals surface area contributed by atoms with Gasteiger partial charge >= 0.3 is 0 Å². The second-order valence-corrected chi connectivity index (χ2v) is 5.46. The van der Waals surface area contributed by atoms with Gasteiger partial charge in [0, 0.05) is 0 Å². The first-order chi connectivity index (χ1) is 10.2. The molecule has 2 nitrogen and oxygen atoms in total. The lowest BCUT2D eigenvalue weighted by Crippen LogP contribution is -2.23. The quantitative estimate of drug-likeness (QED) is 0.818. The van der Waals surface area contributed by atoms with Gasteiger partial charge in [0.15, 0.2) is 0 Å². The third-order valence-electron chi connectivity index (χ3n) is 3.68. The molecule has 1 atom stereocenters. The maximum Gasteiger partial charge on any atom is 0.119 e. The molecule has 0 aromatic heterocycles. The van der Waals surface area contributed by atoms with E-state index in [-0.39, 0.29) is 6.04 Å². The lowest BCUT2D eigenvalue weighted by molar-refractivity contribution is 0.273. The highest BCUT2D eigenvalue weighted by Crippen LogP contribution is 2.18. The van der Waals surface area contributed by atoms with Gasteiger partial charge in [-0.05, 0) is 49.2 Å². The van der Waals surface area contributed by atoms with E-state index < -0.39 is 0 Å². The van der Waals surface area contributed by atoms with Crippen molar-refractivity contribution in [2.45, 2.75) is 32.7 Å². The predicted octanol–water partition coefficient (Wildman–Crippen LogP) is 4.29. The van der Waals surface area contributed by atoms with Gasteiger partial charge in [-0.2, -0.15) is 0 Å². The van der Waals surface area contributed by atoms with Crippen LogP contribution in [0.5, 0.6) is 5.75 Å². The van der Waals surface area contributed by atoms with Gasteiger partial charge in [0.05, 0.1) is 6.04 Å². The summed E-state index contributed by atoms with van der Waals surface area (Å²) in [6.45, 7) is 4.92. The third kappa shape index (κ3) is 4.61. The van der Waals surface area contributed by atoms with Crippen molar-refractivity contribution in [3.63, 3.8) is 0 Å². The van der Waals surface area contributed by atoms with E-state index in [2.05, 4.69) is 55.6 Å². The van der Waals surface area contributed by atoms with Gasteiger partial charge in [-0.1, -0.05) is 49.7 Å². The van der Waals surface area contributed by atoms with E-state index in [9.17, 15) is 0 Å². The fraction of sp³-hybridized carbons (Fsp3) is 0.368. The normalized spacial score (nSPS) is 12.1. The van der Waals surface area contributed by atoms with Gasteiger partial charge in [-0.3, -0.25) is 0 Å². The van der Waals surface area contributed by atoms with Crippen LogP contribution in [0.4, 0.5) is 0 Å². The molecule has 1 unspecified atom stereocenters. The first-order valence-corrected chi connectivity index (χ1v) is 7.68. The summed E-state index contributed by atoms with van der Waals surface area (Å²) in [5, 5.41) is 3.33. The van der Waals surface area contributed by atoms with Crippen LogP contribution < -0.4 is 10.1 Å². The first kappa shape index (κ1) is 15.6. The first-order valence-electron chi connectivity index (χ1n) is 7.68. The number of ether oxygens (including phenoxy) is 1. The van der Waals surface area contributed by atoms with Crippen LogP contribution in [-0.4, -0.2) is 13.7 Å². The van der Waals surface area contributed by atoms with Gasteiger partial charge < -0.3 is 10.1 Å². The minimum Gasteiger partial charge on any atom is -0.492 e. The fourth-order valence-corrected chi connectivity index (χ4v) is 2.44. The van der Waals surface area contributed by atoms with E-state index in [0.29, 0.717) is 6.61 Å². The smallest absolute Gasteiger partial charge is 0.119 e. The molecule has 0 saturated heterocycles. The molecule has 21 heavy (non-hydrogen) atoms. The summed E-state index contributed by atoms with van der Waals surface area (Å²) in [6, 6.07) is 17.2. The summed E-state index contributed by atoms with van der Waals surface area (Å²) >= 11 is 0. The molecular weight excluding hydrogens is 258 g/mol. The molecule has 0 aliphatic carbocycles. The zero-order valence-corrected chi connectivity index (χ0v) is 13.2. The number of aryl methyl sites for hydroxylation is 2. The average Bonchev–Trinajstić information content (AvgIpc) is 2.50. The Labute approximate surface area is 128 Å². The fourth-order valence-electron chi connectivity index (χ4n) is 2.44. The molecule has 0 saturated carbocycles. The van der Waals surface area contributed by atoms with Crippen molar-refractivity contribution < 1.29 is 4.74 Å².